The molecule has 0 radical (unpaired) electrons. The van der Waals surface area contributed by atoms with Crippen molar-refractivity contribution in [2.24, 2.45) is 0 Å². The zero-order chi connectivity index (χ0) is 22.6. The van der Waals surface area contributed by atoms with Crippen LogP contribution in [0.2, 0.25) is 18.1 Å². The Morgan fingerprint density at radius 1 is 1.16 bits per heavy atom. The highest BCUT2D eigenvalue weighted by molar-refractivity contribution is 6.74. The van der Waals surface area contributed by atoms with E-state index < -0.39 is 14.4 Å². The van der Waals surface area contributed by atoms with Gasteiger partial charge in [-0.15, -0.1) is 0 Å². The fourth-order valence-corrected chi connectivity index (χ4v) is 4.53. The van der Waals surface area contributed by atoms with Crippen LogP contribution < -0.4 is 14.6 Å². The second-order valence-corrected chi connectivity index (χ2v) is 14.4. The van der Waals surface area contributed by atoms with Crippen molar-refractivity contribution in [1.29, 1.82) is 0 Å². The van der Waals surface area contributed by atoms with E-state index in [1.807, 2.05) is 42.5 Å². The summed E-state index contributed by atoms with van der Waals surface area (Å²) in [6.45, 7) is 12.1. The summed E-state index contributed by atoms with van der Waals surface area (Å²) in [5.41, 5.74) is 2.73. The molecule has 2 heterocycles. The molecule has 1 aliphatic heterocycles. The lowest BCUT2D eigenvalue weighted by Gasteiger charge is -2.36. The number of methoxy groups -OCH3 is 1. The van der Waals surface area contributed by atoms with Crippen LogP contribution in [0.15, 0.2) is 42.5 Å². The molecule has 1 N–H and O–H groups in total. The van der Waals surface area contributed by atoms with E-state index in [4.69, 9.17) is 13.9 Å². The number of hydrogen-bond acceptors (Lipinski definition) is 4. The SMILES string of the molecule is COc1c(NC(=O)OCc2ccccc2)ccc2[n+]1[C@@H](CO[Si](C)(C)C(C)(C)C)CC2. The van der Waals surface area contributed by atoms with Gasteiger partial charge in [-0.1, -0.05) is 51.1 Å². The molecule has 7 heteroatoms. The number of rotatable bonds is 7. The predicted molar refractivity (Wildman–Crippen MR) is 124 cm³/mol. The maximum absolute atomic E-state index is 12.4. The number of ether oxygens (including phenoxy) is 2. The molecule has 0 unspecified atom stereocenters. The first-order chi connectivity index (χ1) is 14.6. The predicted octanol–water partition coefficient (Wildman–Crippen LogP) is 5.24. The highest BCUT2D eigenvalue weighted by atomic mass is 28.4. The van der Waals surface area contributed by atoms with E-state index in [2.05, 4.69) is 43.7 Å². The molecular formula is C24H35N2O4Si+. The fourth-order valence-electron chi connectivity index (χ4n) is 3.49. The lowest BCUT2D eigenvalue weighted by atomic mass is 10.2. The van der Waals surface area contributed by atoms with Crippen molar-refractivity contribution in [3.8, 4) is 5.88 Å². The van der Waals surface area contributed by atoms with E-state index in [1.165, 1.54) is 5.69 Å². The zero-order valence-electron chi connectivity index (χ0n) is 19.5. The maximum atomic E-state index is 12.4. The molecule has 1 aliphatic rings. The zero-order valence-corrected chi connectivity index (χ0v) is 20.5. The van der Waals surface area contributed by atoms with Crippen molar-refractivity contribution in [3.63, 3.8) is 0 Å². The van der Waals surface area contributed by atoms with Gasteiger partial charge in [-0.2, -0.15) is 4.57 Å². The normalized spacial score (nSPS) is 16.0. The van der Waals surface area contributed by atoms with Crippen LogP contribution in [0.1, 0.15) is 44.5 Å². The van der Waals surface area contributed by atoms with Gasteiger partial charge >= 0.3 is 12.0 Å². The summed E-state index contributed by atoms with van der Waals surface area (Å²) in [6.07, 6.45) is 1.45. The molecule has 31 heavy (non-hydrogen) atoms. The van der Waals surface area contributed by atoms with Gasteiger partial charge in [0.05, 0.1) is 13.7 Å². The van der Waals surface area contributed by atoms with Crippen molar-refractivity contribution < 1.29 is 23.3 Å². The van der Waals surface area contributed by atoms with Gasteiger partial charge in [0.1, 0.15) is 6.61 Å². The van der Waals surface area contributed by atoms with Crippen LogP contribution in [-0.4, -0.2) is 28.1 Å². The lowest BCUT2D eigenvalue weighted by molar-refractivity contribution is -0.720. The van der Waals surface area contributed by atoms with Crippen LogP contribution in [0.4, 0.5) is 10.5 Å². The number of pyridine rings is 1. The Morgan fingerprint density at radius 2 is 1.87 bits per heavy atom. The lowest BCUT2D eigenvalue weighted by Crippen LogP contribution is -2.47. The van der Waals surface area contributed by atoms with Crippen LogP contribution >= 0.6 is 0 Å². The van der Waals surface area contributed by atoms with Crippen molar-refractivity contribution in [1.82, 2.24) is 0 Å². The third-order valence-corrected chi connectivity index (χ3v) is 10.9. The Morgan fingerprint density at radius 3 is 2.52 bits per heavy atom. The highest BCUT2D eigenvalue weighted by Crippen LogP contribution is 2.37. The number of benzene rings is 1. The number of carbonyl (C=O) groups is 1. The standard InChI is InChI=1S/C24H34N2O4Si/c1-24(2,3)31(5,6)30-17-20-13-12-19-14-15-21(22(28-4)26(19)20)25-23(27)29-16-18-10-8-7-9-11-18/h7-11,14-15,20H,12-13,16-17H2,1-6H3/p+1/t20-/m1/s1. The minimum Gasteiger partial charge on any atom is -0.446 e. The number of hydrogen-bond donors (Lipinski definition) is 1. The Bertz CT molecular complexity index is 910. The summed E-state index contributed by atoms with van der Waals surface area (Å²) >= 11 is 0. The summed E-state index contributed by atoms with van der Waals surface area (Å²) < 4.78 is 19.8. The number of anilines is 1. The van der Waals surface area contributed by atoms with Gasteiger partial charge in [0.15, 0.2) is 25.7 Å². The van der Waals surface area contributed by atoms with Crippen LogP contribution in [0.25, 0.3) is 0 Å². The molecule has 0 saturated carbocycles. The van der Waals surface area contributed by atoms with Gasteiger partial charge in [0, 0.05) is 18.9 Å². The Balaban J connectivity index is 1.71. The summed E-state index contributed by atoms with van der Waals surface area (Å²) in [7, 11) is -0.216. The molecule has 0 saturated heterocycles. The Labute approximate surface area is 186 Å². The van der Waals surface area contributed by atoms with Gasteiger partial charge in [-0.3, -0.25) is 5.32 Å². The number of nitrogens with one attached hydrogen (secondary N) is 1. The largest absolute Gasteiger partial charge is 0.446 e. The molecule has 1 atom stereocenters. The van der Waals surface area contributed by atoms with E-state index in [0.29, 0.717) is 18.2 Å². The average Bonchev–Trinajstić information content (AvgIpc) is 3.14. The van der Waals surface area contributed by atoms with Crippen molar-refractivity contribution in [2.75, 3.05) is 19.0 Å². The molecule has 0 aliphatic carbocycles. The van der Waals surface area contributed by atoms with Crippen LogP contribution in [0, 0.1) is 0 Å². The average molecular weight is 444 g/mol. The molecule has 1 aromatic carbocycles. The quantitative estimate of drug-likeness (QED) is 0.470. The molecule has 168 valence electrons. The molecule has 0 fully saturated rings. The first-order valence-corrected chi connectivity index (χ1v) is 13.8. The van der Waals surface area contributed by atoms with Gasteiger partial charge in [-0.25, -0.2) is 4.79 Å². The number of nitrogens with zero attached hydrogens (tertiary/aromatic N) is 1. The van der Waals surface area contributed by atoms with E-state index >= 15 is 0 Å². The number of aryl methyl sites for hydroxylation is 1. The van der Waals surface area contributed by atoms with Crippen LogP contribution in [0.3, 0.4) is 0 Å². The van der Waals surface area contributed by atoms with E-state index in [0.717, 1.165) is 18.4 Å². The van der Waals surface area contributed by atoms with E-state index in [-0.39, 0.29) is 17.7 Å². The van der Waals surface area contributed by atoms with Crippen molar-refractivity contribution >= 4 is 20.1 Å². The highest BCUT2D eigenvalue weighted by Gasteiger charge is 2.41. The van der Waals surface area contributed by atoms with Crippen molar-refractivity contribution in [3.05, 3.63) is 53.7 Å². The molecule has 1 aromatic heterocycles. The third kappa shape index (κ3) is 5.46. The summed E-state index contributed by atoms with van der Waals surface area (Å²) in [6, 6.07) is 13.7. The number of carbonyl (C=O) groups excluding carboxylic acids is 1. The molecule has 6 nitrogen and oxygen atoms in total. The number of amides is 1. The van der Waals surface area contributed by atoms with Crippen molar-refractivity contribution in [2.45, 2.75) is 64.4 Å². The third-order valence-electron chi connectivity index (χ3n) is 6.39. The summed E-state index contributed by atoms with van der Waals surface area (Å²) in [4.78, 5) is 12.4. The van der Waals surface area contributed by atoms with Gasteiger partial charge < -0.3 is 13.9 Å². The van der Waals surface area contributed by atoms with Crippen LogP contribution in [-0.2, 0) is 22.2 Å². The fraction of sp³-hybridized carbons (Fsp3) is 0.500. The van der Waals surface area contributed by atoms with Crippen LogP contribution in [0.5, 0.6) is 5.88 Å². The first kappa shape index (κ1) is 23.3. The van der Waals surface area contributed by atoms with Gasteiger partial charge in [-0.05, 0) is 29.8 Å². The minimum atomic E-state index is -1.85. The smallest absolute Gasteiger partial charge is 0.412 e. The van der Waals surface area contributed by atoms with Gasteiger partial charge in [0.25, 0.3) is 0 Å². The second-order valence-electron chi connectivity index (χ2n) is 9.57. The molecule has 0 spiro atoms. The minimum absolute atomic E-state index is 0.162. The molecule has 1 amide bonds. The Hall–Kier alpha value is -2.38. The van der Waals surface area contributed by atoms with E-state index in [9.17, 15) is 4.79 Å². The first-order valence-electron chi connectivity index (χ1n) is 10.9. The number of aromatic nitrogens is 1. The van der Waals surface area contributed by atoms with Gasteiger partial charge in [0.2, 0.25) is 0 Å². The maximum Gasteiger partial charge on any atom is 0.412 e. The monoisotopic (exact) mass is 443 g/mol. The molecular weight excluding hydrogens is 408 g/mol. The second kappa shape index (κ2) is 9.40. The molecule has 3 rings (SSSR count). The molecule has 2 aromatic rings. The topological polar surface area (TPSA) is 60.7 Å². The summed E-state index contributed by atoms with van der Waals surface area (Å²) in [5.74, 6) is 0.635. The summed E-state index contributed by atoms with van der Waals surface area (Å²) in [5, 5.41) is 3.00. The number of fused-ring (bicyclic) bond motifs is 1. The van der Waals surface area contributed by atoms with E-state index in [1.54, 1.807) is 7.11 Å². The molecule has 0 bridgehead atoms. The Kier molecular flexibility index (Phi) is 7.06.